The highest BCUT2D eigenvalue weighted by Crippen LogP contribution is 2.25. The molecule has 0 radical (unpaired) electrons. The Hall–Kier alpha value is -1.89. The number of Topliss-reactive ketones (excluding diaryl/α,β-unsaturated/α-hetero) is 3. The number of hydrogen-bond donors (Lipinski definition) is 5. The second-order valence-electron chi connectivity index (χ2n) is 17.2. The monoisotopic (exact) mass is 825 g/mol. The molecule has 0 aromatic carbocycles. The van der Waals surface area contributed by atoms with Gasteiger partial charge in [0, 0.05) is 19.3 Å². The fraction of sp³-hybridized carbons (Fsp3) is 0.894. The molecule has 1 saturated heterocycles. The van der Waals surface area contributed by atoms with Crippen LogP contribution in [-0.4, -0.2) is 92.8 Å². The Morgan fingerprint density at radius 2 is 0.897 bits per heavy atom. The van der Waals surface area contributed by atoms with Crippen LogP contribution in [0.3, 0.4) is 0 Å². The number of imide groups is 1. The summed E-state index contributed by atoms with van der Waals surface area (Å²) < 4.78 is 5.69. The van der Waals surface area contributed by atoms with Gasteiger partial charge in [-0.3, -0.25) is 14.4 Å². The van der Waals surface area contributed by atoms with Crippen LogP contribution in [0.25, 0.3) is 0 Å². The van der Waals surface area contributed by atoms with E-state index in [1.807, 2.05) is 6.92 Å². The lowest BCUT2D eigenvalue weighted by Gasteiger charge is -2.41. The normalized spacial score (nSPS) is 20.5. The number of rotatable bonds is 38. The third kappa shape index (κ3) is 23.8. The van der Waals surface area contributed by atoms with Gasteiger partial charge < -0.3 is 25.2 Å². The summed E-state index contributed by atoms with van der Waals surface area (Å²) in [6.45, 7) is 6.56. The maximum atomic E-state index is 14.0. The molecule has 0 spiro atoms. The summed E-state index contributed by atoms with van der Waals surface area (Å²) >= 11 is 0. The van der Waals surface area contributed by atoms with Crippen molar-refractivity contribution < 1.29 is 54.0 Å². The van der Waals surface area contributed by atoms with Gasteiger partial charge in [0.05, 0.1) is 19.4 Å². The lowest BCUT2D eigenvalue weighted by molar-refractivity contribution is -0.743. The van der Waals surface area contributed by atoms with Gasteiger partial charge in [-0.1, -0.05) is 168 Å². The first-order chi connectivity index (χ1) is 28.0. The van der Waals surface area contributed by atoms with E-state index in [1.165, 1.54) is 96.3 Å². The Bertz CT molecular complexity index is 1120. The maximum Gasteiger partial charge on any atom is 0.351 e. The van der Waals surface area contributed by atoms with Gasteiger partial charge in [-0.15, -0.1) is 0 Å². The standard InChI is InChI=1S/C47H85NO10/c1-4-7-10-12-14-16-17-18-19-20-21-22-24-26-28-30-35-48(40(52)32-29-27-25-23-15-13-11-8-5-2)47(57)46-44(56)42(54)43(55)45(58-46)41(53)39(51)36-38(50)34-33-37(49)31-9-6-3/h41-46,53-56H,4-36H2,1-3H3/p+1/t41?,42-,43-,44-,45+,46+/m0/s1. The first-order valence-corrected chi connectivity index (χ1v) is 23.9. The highest BCUT2D eigenvalue weighted by Gasteiger charge is 2.53. The molecule has 1 aliphatic heterocycles. The van der Waals surface area contributed by atoms with Crippen LogP contribution in [-0.2, 0) is 28.7 Å². The minimum Gasteiger partial charge on any atom is -0.387 e. The summed E-state index contributed by atoms with van der Waals surface area (Å²) in [5.41, 5.74) is 0. The Kier molecular flexibility index (Phi) is 32.5. The minimum atomic E-state index is -2.09. The molecular weight excluding hydrogens is 739 g/mol. The second kappa shape index (κ2) is 34.8. The number of ketones is 3. The SMILES string of the molecule is CCCCCCCCCCCCCCCCCC[NH+](C(=O)CCCCCCCCCCC)C(=O)[C@@H]1O[C@H](C(O)C(=O)CC(=O)CCC(=O)CCCC)[C@@H](O)[C@H](O)[C@@H]1O. The third-order valence-corrected chi connectivity index (χ3v) is 11.8. The number of carbonyl (C=O) groups is 5. The molecule has 0 bridgehead atoms. The molecular formula is C47H86NO10+. The Morgan fingerprint density at radius 3 is 1.36 bits per heavy atom. The molecule has 0 aliphatic carbocycles. The largest absolute Gasteiger partial charge is 0.387 e. The van der Waals surface area contributed by atoms with E-state index in [0.717, 1.165) is 57.8 Å². The maximum absolute atomic E-state index is 14.0. The van der Waals surface area contributed by atoms with E-state index in [-0.39, 0.29) is 42.4 Å². The van der Waals surface area contributed by atoms with Crippen LogP contribution < -0.4 is 4.90 Å². The van der Waals surface area contributed by atoms with Crippen LogP contribution in [0.1, 0.15) is 226 Å². The first-order valence-electron chi connectivity index (χ1n) is 23.9. The van der Waals surface area contributed by atoms with Gasteiger partial charge >= 0.3 is 11.8 Å². The molecule has 1 fully saturated rings. The lowest BCUT2D eigenvalue weighted by Crippen LogP contribution is -3.18. The van der Waals surface area contributed by atoms with Crippen LogP contribution in [0.15, 0.2) is 0 Å². The summed E-state index contributed by atoms with van der Waals surface area (Å²) in [7, 11) is 0. The van der Waals surface area contributed by atoms with E-state index < -0.39 is 60.5 Å². The van der Waals surface area contributed by atoms with Gasteiger partial charge in [-0.05, 0) is 25.7 Å². The van der Waals surface area contributed by atoms with E-state index in [9.17, 15) is 44.4 Å². The van der Waals surface area contributed by atoms with E-state index in [4.69, 9.17) is 4.74 Å². The Balaban J connectivity index is 2.76. The van der Waals surface area contributed by atoms with Gasteiger partial charge in [0.1, 0.15) is 42.1 Å². The summed E-state index contributed by atoms with van der Waals surface area (Å²) in [4.78, 5) is 65.0. The summed E-state index contributed by atoms with van der Waals surface area (Å²) in [6.07, 6.45) is 18.3. The molecule has 58 heavy (non-hydrogen) atoms. The zero-order chi connectivity index (χ0) is 43.0. The minimum absolute atomic E-state index is 0.0138. The molecule has 0 aromatic rings. The predicted molar refractivity (Wildman–Crippen MR) is 228 cm³/mol. The zero-order valence-electron chi connectivity index (χ0n) is 37.0. The van der Waals surface area contributed by atoms with E-state index in [0.29, 0.717) is 25.7 Å². The second-order valence-corrected chi connectivity index (χ2v) is 17.2. The van der Waals surface area contributed by atoms with Crippen molar-refractivity contribution in [2.24, 2.45) is 0 Å². The molecule has 338 valence electrons. The zero-order valence-corrected chi connectivity index (χ0v) is 37.0. The van der Waals surface area contributed by atoms with Crippen LogP contribution in [0.4, 0.5) is 0 Å². The molecule has 1 rings (SSSR count). The molecule has 0 aromatic heterocycles. The van der Waals surface area contributed by atoms with Crippen molar-refractivity contribution >= 4 is 29.2 Å². The highest BCUT2D eigenvalue weighted by atomic mass is 16.6. The smallest absolute Gasteiger partial charge is 0.351 e. The molecule has 5 N–H and O–H groups in total. The predicted octanol–water partition coefficient (Wildman–Crippen LogP) is 7.39. The van der Waals surface area contributed by atoms with Crippen LogP contribution in [0.2, 0.25) is 0 Å². The van der Waals surface area contributed by atoms with Crippen molar-refractivity contribution in [2.45, 2.75) is 263 Å². The number of hydrogen-bond acceptors (Lipinski definition) is 10. The lowest BCUT2D eigenvalue weighted by atomic mass is 9.89. The topological polar surface area (TPSA) is 180 Å². The van der Waals surface area contributed by atoms with E-state index in [2.05, 4.69) is 13.8 Å². The van der Waals surface area contributed by atoms with Gasteiger partial charge in [0.25, 0.3) is 0 Å². The molecule has 1 aliphatic rings. The van der Waals surface area contributed by atoms with Gasteiger partial charge in [-0.25, -0.2) is 14.5 Å². The first kappa shape index (κ1) is 54.1. The molecule has 1 heterocycles. The van der Waals surface area contributed by atoms with Gasteiger partial charge in [-0.2, -0.15) is 0 Å². The fourth-order valence-electron chi connectivity index (χ4n) is 7.90. The summed E-state index contributed by atoms with van der Waals surface area (Å²) in [5.74, 6) is -2.80. The molecule has 2 unspecified atom stereocenters. The number of aliphatic hydroxyl groups is 4. The van der Waals surface area contributed by atoms with Crippen molar-refractivity contribution in [1.29, 1.82) is 0 Å². The number of ether oxygens (including phenoxy) is 1. The highest BCUT2D eigenvalue weighted by molar-refractivity contribution is 6.02. The number of nitrogens with one attached hydrogen (secondary N) is 1. The van der Waals surface area contributed by atoms with E-state index >= 15 is 0 Å². The Labute approximate surface area is 351 Å². The number of amides is 2. The number of quaternary nitrogens is 1. The summed E-state index contributed by atoms with van der Waals surface area (Å²) in [5, 5.41) is 43.2. The van der Waals surface area contributed by atoms with Crippen molar-refractivity contribution in [3.05, 3.63) is 0 Å². The van der Waals surface area contributed by atoms with Gasteiger partial charge in [0.2, 0.25) is 6.10 Å². The number of carbonyl (C=O) groups excluding carboxylic acids is 5. The van der Waals surface area contributed by atoms with Crippen LogP contribution in [0.5, 0.6) is 0 Å². The van der Waals surface area contributed by atoms with Crippen molar-refractivity contribution in [2.75, 3.05) is 6.54 Å². The molecule has 0 saturated carbocycles. The number of aliphatic hydroxyl groups excluding tert-OH is 4. The van der Waals surface area contributed by atoms with Gasteiger partial charge in [0.15, 0.2) is 5.78 Å². The number of unbranched alkanes of at least 4 members (excludes halogenated alkanes) is 24. The average Bonchev–Trinajstić information content (AvgIpc) is 3.21. The van der Waals surface area contributed by atoms with Crippen LogP contribution in [0, 0.1) is 0 Å². The molecule has 2 amide bonds. The molecule has 11 heteroatoms. The van der Waals surface area contributed by atoms with Crippen LogP contribution >= 0.6 is 0 Å². The van der Waals surface area contributed by atoms with Crippen molar-refractivity contribution in [3.8, 4) is 0 Å². The quantitative estimate of drug-likeness (QED) is 0.0312. The summed E-state index contributed by atoms with van der Waals surface area (Å²) in [6, 6.07) is 0. The third-order valence-electron chi connectivity index (χ3n) is 11.8. The Morgan fingerprint density at radius 1 is 0.483 bits per heavy atom. The average molecular weight is 825 g/mol. The fourth-order valence-corrected chi connectivity index (χ4v) is 7.90. The molecule has 7 atom stereocenters. The van der Waals surface area contributed by atoms with Crippen molar-refractivity contribution in [3.63, 3.8) is 0 Å². The van der Waals surface area contributed by atoms with E-state index in [1.54, 1.807) is 0 Å². The molecule has 11 nitrogen and oxygen atoms in total. The van der Waals surface area contributed by atoms with Crippen molar-refractivity contribution in [1.82, 2.24) is 0 Å².